The van der Waals surface area contributed by atoms with Crippen molar-refractivity contribution in [1.29, 1.82) is 0 Å². The van der Waals surface area contributed by atoms with Crippen LogP contribution in [0.3, 0.4) is 0 Å². The Bertz CT molecular complexity index is 474. The molecule has 7 heteroatoms. The van der Waals surface area contributed by atoms with E-state index in [1.807, 2.05) is 0 Å². The molecule has 0 bridgehead atoms. The number of hydrogen-bond acceptors (Lipinski definition) is 7. The van der Waals surface area contributed by atoms with Gasteiger partial charge in [0.15, 0.2) is 12.4 Å². The van der Waals surface area contributed by atoms with Gasteiger partial charge >= 0.3 is 5.97 Å². The summed E-state index contributed by atoms with van der Waals surface area (Å²) in [5.74, 6) is -0.835. The molecule has 1 heterocycles. The summed E-state index contributed by atoms with van der Waals surface area (Å²) < 4.78 is 16.2. The van der Waals surface area contributed by atoms with Gasteiger partial charge in [0.05, 0.1) is 6.61 Å². The van der Waals surface area contributed by atoms with Crippen LogP contribution in [0.15, 0.2) is 0 Å². The van der Waals surface area contributed by atoms with Gasteiger partial charge < -0.3 is 29.5 Å². The number of rotatable bonds is 21. The zero-order chi connectivity index (χ0) is 24.3. The Morgan fingerprint density at radius 3 is 1.70 bits per heavy atom. The number of hydrogen-bond donors (Lipinski definition) is 3. The largest absolute Gasteiger partial charge is 0.464 e. The lowest BCUT2D eigenvalue weighted by molar-refractivity contribution is -0.189. The Hall–Kier alpha value is -0.730. The number of unbranched alkanes of at least 4 members (excludes halogenated alkanes) is 14. The average molecular weight is 475 g/mol. The van der Waals surface area contributed by atoms with Gasteiger partial charge in [-0.25, -0.2) is 4.79 Å². The predicted octanol–water partition coefficient (Wildman–Crippen LogP) is 4.64. The van der Waals surface area contributed by atoms with Crippen molar-refractivity contribution in [2.24, 2.45) is 0 Å². The van der Waals surface area contributed by atoms with Gasteiger partial charge in [-0.3, -0.25) is 0 Å². The van der Waals surface area contributed by atoms with Crippen molar-refractivity contribution in [3.05, 3.63) is 0 Å². The molecule has 3 N–H and O–H groups in total. The highest BCUT2D eigenvalue weighted by atomic mass is 16.7. The second kappa shape index (κ2) is 19.6. The third kappa shape index (κ3) is 13.1. The van der Waals surface area contributed by atoms with Crippen LogP contribution in [-0.2, 0) is 19.0 Å². The van der Waals surface area contributed by atoms with Crippen molar-refractivity contribution >= 4 is 5.97 Å². The summed E-state index contributed by atoms with van der Waals surface area (Å²) in [5, 5.41) is 30.6. The number of esters is 1. The molecule has 0 aromatic rings. The van der Waals surface area contributed by atoms with E-state index in [2.05, 4.69) is 13.8 Å². The fourth-order valence-corrected chi connectivity index (χ4v) is 4.13. The fraction of sp³-hybridized carbons (Fsp3) is 0.962. The third-order valence-electron chi connectivity index (χ3n) is 6.33. The van der Waals surface area contributed by atoms with Gasteiger partial charge in [0.1, 0.15) is 18.3 Å². The van der Waals surface area contributed by atoms with Crippen LogP contribution < -0.4 is 0 Å². The smallest absolute Gasteiger partial charge is 0.337 e. The van der Waals surface area contributed by atoms with Gasteiger partial charge in [0.25, 0.3) is 0 Å². The second-order valence-electron chi connectivity index (χ2n) is 9.38. The predicted molar refractivity (Wildman–Crippen MR) is 129 cm³/mol. The van der Waals surface area contributed by atoms with E-state index in [1.165, 1.54) is 64.2 Å². The maximum atomic E-state index is 12.1. The molecule has 1 aliphatic heterocycles. The first kappa shape index (κ1) is 30.3. The molecule has 1 rings (SSSR count). The Balaban J connectivity index is 2.15. The number of ether oxygens (including phenoxy) is 3. The molecule has 1 saturated heterocycles. The van der Waals surface area contributed by atoms with Crippen molar-refractivity contribution in [2.75, 3.05) is 13.2 Å². The van der Waals surface area contributed by atoms with Crippen LogP contribution in [0.4, 0.5) is 0 Å². The summed E-state index contributed by atoms with van der Waals surface area (Å²) in [6.45, 7) is 5.03. The Morgan fingerprint density at radius 2 is 1.18 bits per heavy atom. The highest BCUT2D eigenvalue weighted by molar-refractivity contribution is 5.75. The van der Waals surface area contributed by atoms with E-state index in [0.29, 0.717) is 6.61 Å². The molecule has 196 valence electrons. The Morgan fingerprint density at radius 1 is 0.727 bits per heavy atom. The molecule has 0 aliphatic carbocycles. The number of carbonyl (C=O) groups is 1. The van der Waals surface area contributed by atoms with Crippen molar-refractivity contribution in [3.63, 3.8) is 0 Å². The summed E-state index contributed by atoms with van der Waals surface area (Å²) in [5.41, 5.74) is 0. The molecule has 0 amide bonds. The molecule has 1 aliphatic rings. The van der Waals surface area contributed by atoms with Crippen LogP contribution in [-0.4, -0.2) is 65.2 Å². The van der Waals surface area contributed by atoms with Gasteiger partial charge in [-0.2, -0.15) is 0 Å². The summed E-state index contributed by atoms with van der Waals surface area (Å²) in [7, 11) is 0. The van der Waals surface area contributed by atoms with E-state index >= 15 is 0 Å². The van der Waals surface area contributed by atoms with Crippen molar-refractivity contribution < 1.29 is 34.3 Å². The van der Waals surface area contributed by atoms with Gasteiger partial charge in [-0.05, 0) is 12.8 Å². The molecule has 0 spiro atoms. The van der Waals surface area contributed by atoms with E-state index in [1.54, 1.807) is 0 Å². The minimum atomic E-state index is -1.65. The maximum absolute atomic E-state index is 12.1. The summed E-state index contributed by atoms with van der Waals surface area (Å²) in [4.78, 5) is 12.1. The molecule has 7 nitrogen and oxygen atoms in total. The van der Waals surface area contributed by atoms with Crippen molar-refractivity contribution in [3.8, 4) is 0 Å². The lowest BCUT2D eigenvalue weighted by atomic mass is 10.1. The highest BCUT2D eigenvalue weighted by Crippen LogP contribution is 2.25. The lowest BCUT2D eigenvalue weighted by Crippen LogP contribution is -2.43. The molecule has 0 unspecified atom stereocenters. The van der Waals surface area contributed by atoms with Gasteiger partial charge in [-0.1, -0.05) is 104 Å². The summed E-state index contributed by atoms with van der Waals surface area (Å²) in [6, 6.07) is 0. The van der Waals surface area contributed by atoms with E-state index in [0.717, 1.165) is 38.5 Å². The third-order valence-corrected chi connectivity index (χ3v) is 6.33. The van der Waals surface area contributed by atoms with E-state index in [4.69, 9.17) is 14.2 Å². The first-order chi connectivity index (χ1) is 16.0. The van der Waals surface area contributed by atoms with Crippen LogP contribution in [0.2, 0.25) is 0 Å². The molecular weight excluding hydrogens is 424 g/mol. The van der Waals surface area contributed by atoms with Crippen LogP contribution in [0.5, 0.6) is 0 Å². The minimum absolute atomic E-state index is 0.231. The molecule has 1 fully saturated rings. The van der Waals surface area contributed by atoms with Gasteiger partial charge in [0.2, 0.25) is 0 Å². The second-order valence-corrected chi connectivity index (χ2v) is 9.38. The molecule has 0 aromatic heterocycles. The first-order valence-corrected chi connectivity index (χ1v) is 13.5. The Labute approximate surface area is 201 Å². The quantitative estimate of drug-likeness (QED) is 0.164. The minimum Gasteiger partial charge on any atom is -0.464 e. The number of carbonyl (C=O) groups excluding carboxylic acids is 1. The zero-order valence-corrected chi connectivity index (χ0v) is 21.1. The van der Waals surface area contributed by atoms with E-state index < -0.39 is 36.7 Å². The van der Waals surface area contributed by atoms with Crippen LogP contribution in [0.25, 0.3) is 0 Å². The van der Waals surface area contributed by atoms with Crippen molar-refractivity contribution in [2.45, 2.75) is 147 Å². The SMILES string of the molecule is CCCCCCCCCCOC(=O)[C@@H](O)[C@@H]1O[C@@H](OCCCCCCCCCC)[C@H](O)[C@H]1O. The first-order valence-electron chi connectivity index (χ1n) is 13.5. The fourth-order valence-electron chi connectivity index (χ4n) is 4.13. The zero-order valence-electron chi connectivity index (χ0n) is 21.1. The summed E-state index contributed by atoms with van der Waals surface area (Å²) >= 11 is 0. The van der Waals surface area contributed by atoms with Crippen LogP contribution in [0.1, 0.15) is 117 Å². The Kier molecular flexibility index (Phi) is 18.0. The van der Waals surface area contributed by atoms with Crippen LogP contribution >= 0.6 is 0 Å². The molecule has 0 radical (unpaired) electrons. The number of aliphatic hydroxyl groups is 3. The van der Waals surface area contributed by atoms with Gasteiger partial charge in [0, 0.05) is 6.61 Å². The highest BCUT2D eigenvalue weighted by Gasteiger charge is 2.49. The molecule has 33 heavy (non-hydrogen) atoms. The van der Waals surface area contributed by atoms with Gasteiger partial charge in [-0.15, -0.1) is 0 Å². The normalized spacial score (nSPS) is 23.7. The lowest BCUT2D eigenvalue weighted by Gasteiger charge is -2.19. The standard InChI is InChI=1S/C26H50O7/c1-3-5-7-9-11-13-15-17-19-31-25(30)23(29)24-21(27)22(28)26(33-24)32-20-18-16-14-12-10-8-6-4-2/h21-24,26-29H,3-20H2,1-2H3/t21-,22-,23+,24-,26-/m1/s1. The van der Waals surface area contributed by atoms with Crippen molar-refractivity contribution in [1.82, 2.24) is 0 Å². The molecule has 0 saturated carbocycles. The molecule has 0 aromatic carbocycles. The molecule has 5 atom stereocenters. The monoisotopic (exact) mass is 474 g/mol. The topological polar surface area (TPSA) is 105 Å². The maximum Gasteiger partial charge on any atom is 0.337 e. The summed E-state index contributed by atoms with van der Waals surface area (Å²) in [6.07, 6.45) is 11.7. The van der Waals surface area contributed by atoms with E-state index in [-0.39, 0.29) is 6.61 Å². The van der Waals surface area contributed by atoms with E-state index in [9.17, 15) is 20.1 Å². The number of aliphatic hydroxyl groups excluding tert-OH is 3. The molecular formula is C26H50O7. The average Bonchev–Trinajstić information content (AvgIpc) is 3.10. The van der Waals surface area contributed by atoms with Crippen LogP contribution in [0, 0.1) is 0 Å².